The molecule has 3 aromatic rings. The maximum Gasteiger partial charge on any atom is 0.263 e. The molecule has 3 aromatic carbocycles. The number of rotatable bonds is 7. The summed E-state index contributed by atoms with van der Waals surface area (Å²) in [6.07, 6.45) is 2.70. The average molecular weight is 548 g/mol. The highest BCUT2D eigenvalue weighted by atomic mass is 35.5. The standard InChI is InChI=1S/C25H26ClN3O5S2/c1-18-6-5-7-21(16-18)28-35(31,32)24-17-19(8-13-23(24)26)25(30)27-20-9-11-22(12-10-20)36(33,34)29-14-3-2-4-15-29/h5-13,16-17,28H,2-4,14-15H2,1H3,(H,27,30). The lowest BCUT2D eigenvalue weighted by Gasteiger charge is -2.25. The second-order valence-corrected chi connectivity index (χ2v) is 12.6. The van der Waals surface area contributed by atoms with Gasteiger partial charge in [-0.05, 0) is 79.9 Å². The van der Waals surface area contributed by atoms with Crippen molar-refractivity contribution in [1.29, 1.82) is 0 Å². The molecule has 1 heterocycles. The van der Waals surface area contributed by atoms with Crippen molar-refractivity contribution in [3.8, 4) is 0 Å². The zero-order valence-electron chi connectivity index (χ0n) is 19.6. The van der Waals surface area contributed by atoms with Crippen LogP contribution in [0.25, 0.3) is 0 Å². The van der Waals surface area contributed by atoms with Crippen LogP contribution in [0.3, 0.4) is 0 Å². The highest BCUT2D eigenvalue weighted by Gasteiger charge is 2.26. The Morgan fingerprint density at radius 2 is 1.56 bits per heavy atom. The average Bonchev–Trinajstić information content (AvgIpc) is 2.85. The Hall–Kier alpha value is -2.92. The van der Waals surface area contributed by atoms with Crippen LogP contribution in [0, 0.1) is 6.92 Å². The second-order valence-electron chi connectivity index (χ2n) is 8.56. The zero-order valence-corrected chi connectivity index (χ0v) is 22.0. The van der Waals surface area contributed by atoms with Gasteiger partial charge in [0.25, 0.3) is 15.9 Å². The number of hydrogen-bond acceptors (Lipinski definition) is 5. The number of hydrogen-bond donors (Lipinski definition) is 2. The van der Waals surface area contributed by atoms with Crippen molar-refractivity contribution in [2.24, 2.45) is 0 Å². The van der Waals surface area contributed by atoms with Gasteiger partial charge in [0.05, 0.1) is 9.92 Å². The molecule has 0 saturated carbocycles. The molecule has 36 heavy (non-hydrogen) atoms. The van der Waals surface area contributed by atoms with E-state index in [4.69, 9.17) is 11.6 Å². The van der Waals surface area contributed by atoms with Gasteiger partial charge < -0.3 is 5.32 Å². The maximum atomic E-state index is 12.9. The third kappa shape index (κ3) is 5.89. The lowest BCUT2D eigenvalue weighted by atomic mass is 10.2. The first-order valence-corrected chi connectivity index (χ1v) is 14.7. The van der Waals surface area contributed by atoms with E-state index < -0.39 is 26.0 Å². The van der Waals surface area contributed by atoms with Gasteiger partial charge in [0, 0.05) is 30.0 Å². The minimum absolute atomic E-state index is 0.0287. The molecule has 2 N–H and O–H groups in total. The maximum absolute atomic E-state index is 12.9. The van der Waals surface area contributed by atoms with Crippen molar-refractivity contribution in [1.82, 2.24) is 4.31 Å². The van der Waals surface area contributed by atoms with E-state index in [-0.39, 0.29) is 20.4 Å². The normalized spacial score (nSPS) is 14.8. The quantitative estimate of drug-likeness (QED) is 0.438. The van der Waals surface area contributed by atoms with E-state index >= 15 is 0 Å². The van der Waals surface area contributed by atoms with Crippen LogP contribution < -0.4 is 10.0 Å². The fourth-order valence-electron chi connectivity index (χ4n) is 3.94. The summed E-state index contributed by atoms with van der Waals surface area (Å²) in [6.45, 7) is 2.84. The number of nitrogens with zero attached hydrogens (tertiary/aromatic N) is 1. The van der Waals surface area contributed by atoms with Gasteiger partial charge in [0.15, 0.2) is 0 Å². The van der Waals surface area contributed by atoms with Gasteiger partial charge in [-0.25, -0.2) is 16.8 Å². The summed E-state index contributed by atoms with van der Waals surface area (Å²) in [4.78, 5) is 12.8. The van der Waals surface area contributed by atoms with Crippen LogP contribution in [0.4, 0.5) is 11.4 Å². The number of sulfonamides is 2. The number of anilines is 2. The summed E-state index contributed by atoms with van der Waals surface area (Å²) in [7, 11) is -7.64. The van der Waals surface area contributed by atoms with E-state index in [0.717, 1.165) is 24.8 Å². The first kappa shape index (κ1) is 26.2. The van der Waals surface area contributed by atoms with Gasteiger partial charge in [0.1, 0.15) is 4.90 Å². The third-order valence-corrected chi connectivity index (χ3v) is 9.59. The van der Waals surface area contributed by atoms with Crippen molar-refractivity contribution < 1.29 is 21.6 Å². The molecule has 8 nitrogen and oxygen atoms in total. The largest absolute Gasteiger partial charge is 0.322 e. The lowest BCUT2D eigenvalue weighted by molar-refractivity contribution is 0.102. The number of carbonyl (C=O) groups excluding carboxylic acids is 1. The highest BCUT2D eigenvalue weighted by Crippen LogP contribution is 2.26. The number of halogens is 1. The van der Waals surface area contributed by atoms with Crippen LogP contribution in [0.5, 0.6) is 0 Å². The van der Waals surface area contributed by atoms with Crippen LogP contribution >= 0.6 is 11.6 Å². The lowest BCUT2D eigenvalue weighted by Crippen LogP contribution is -2.35. The van der Waals surface area contributed by atoms with E-state index in [2.05, 4.69) is 10.0 Å². The molecule has 0 spiro atoms. The monoisotopic (exact) mass is 547 g/mol. The number of aryl methyl sites for hydroxylation is 1. The SMILES string of the molecule is Cc1cccc(NS(=O)(=O)c2cc(C(=O)Nc3ccc(S(=O)(=O)N4CCCCC4)cc3)ccc2Cl)c1. The summed E-state index contributed by atoms with van der Waals surface area (Å²) in [5.74, 6) is -0.565. The minimum Gasteiger partial charge on any atom is -0.322 e. The van der Waals surface area contributed by atoms with Crippen molar-refractivity contribution in [3.63, 3.8) is 0 Å². The Morgan fingerprint density at radius 3 is 2.22 bits per heavy atom. The van der Waals surface area contributed by atoms with Crippen molar-refractivity contribution in [2.45, 2.75) is 36.0 Å². The molecule has 0 aromatic heterocycles. The Morgan fingerprint density at radius 1 is 0.861 bits per heavy atom. The van der Waals surface area contributed by atoms with Gasteiger partial charge in [-0.15, -0.1) is 0 Å². The Labute approximate surface area is 216 Å². The van der Waals surface area contributed by atoms with E-state index in [9.17, 15) is 21.6 Å². The van der Waals surface area contributed by atoms with E-state index in [1.54, 1.807) is 18.2 Å². The molecule has 11 heteroatoms. The van der Waals surface area contributed by atoms with Crippen molar-refractivity contribution in [3.05, 3.63) is 82.9 Å². The van der Waals surface area contributed by atoms with E-state index in [1.165, 1.54) is 46.8 Å². The van der Waals surface area contributed by atoms with Gasteiger partial charge in [-0.3, -0.25) is 9.52 Å². The highest BCUT2D eigenvalue weighted by molar-refractivity contribution is 7.92. The third-order valence-electron chi connectivity index (χ3n) is 5.82. The summed E-state index contributed by atoms with van der Waals surface area (Å²) in [5, 5.41) is 2.64. The molecule has 190 valence electrons. The predicted molar refractivity (Wildman–Crippen MR) is 140 cm³/mol. The van der Waals surface area contributed by atoms with Crippen molar-refractivity contribution in [2.75, 3.05) is 23.1 Å². The molecule has 1 amide bonds. The van der Waals surface area contributed by atoms with Crippen molar-refractivity contribution >= 4 is 48.9 Å². The molecule has 1 aliphatic heterocycles. The van der Waals surface area contributed by atoms with E-state index in [0.29, 0.717) is 24.5 Å². The fourth-order valence-corrected chi connectivity index (χ4v) is 7.03. The molecule has 0 unspecified atom stereocenters. The molecule has 4 rings (SSSR count). The number of benzene rings is 3. The van der Waals surface area contributed by atoms with Gasteiger partial charge >= 0.3 is 0 Å². The Bertz CT molecular complexity index is 1480. The minimum atomic E-state index is -4.06. The molecule has 0 radical (unpaired) electrons. The van der Waals surface area contributed by atoms with Gasteiger partial charge in [-0.1, -0.05) is 30.2 Å². The molecule has 1 aliphatic rings. The van der Waals surface area contributed by atoms with Crippen LogP contribution in [0.2, 0.25) is 5.02 Å². The molecular weight excluding hydrogens is 522 g/mol. The Balaban J connectivity index is 1.51. The smallest absolute Gasteiger partial charge is 0.263 e. The molecule has 0 aliphatic carbocycles. The first-order valence-electron chi connectivity index (χ1n) is 11.4. The summed E-state index contributed by atoms with van der Waals surface area (Å²) in [6, 6.07) is 16.7. The summed E-state index contributed by atoms with van der Waals surface area (Å²) in [5.41, 5.74) is 1.70. The molecule has 0 bridgehead atoms. The van der Waals surface area contributed by atoms with Crippen LogP contribution in [0.15, 0.2) is 76.5 Å². The number of carbonyl (C=O) groups is 1. The zero-order chi connectivity index (χ0) is 25.9. The fraction of sp³-hybridized carbons (Fsp3) is 0.240. The van der Waals surface area contributed by atoms with Crippen LogP contribution in [0.1, 0.15) is 35.2 Å². The van der Waals surface area contributed by atoms with Gasteiger partial charge in [0.2, 0.25) is 10.0 Å². The molecule has 0 atom stereocenters. The van der Waals surface area contributed by atoms with Crippen LogP contribution in [-0.4, -0.2) is 40.1 Å². The number of nitrogens with one attached hydrogen (secondary N) is 2. The first-order chi connectivity index (χ1) is 17.1. The molecular formula is C25H26ClN3O5S2. The predicted octanol–water partition coefficient (Wildman–Crippen LogP) is 4.88. The Kier molecular flexibility index (Phi) is 7.70. The molecule has 1 fully saturated rings. The summed E-state index contributed by atoms with van der Waals surface area (Å²) >= 11 is 6.16. The van der Waals surface area contributed by atoms with E-state index in [1.807, 2.05) is 13.0 Å². The second kappa shape index (κ2) is 10.6. The number of amides is 1. The van der Waals surface area contributed by atoms with Crippen LogP contribution in [-0.2, 0) is 20.0 Å². The summed E-state index contributed by atoms with van der Waals surface area (Å²) < 4.78 is 55.5. The molecule has 1 saturated heterocycles. The number of piperidine rings is 1. The van der Waals surface area contributed by atoms with Gasteiger partial charge in [-0.2, -0.15) is 4.31 Å². The topological polar surface area (TPSA) is 113 Å².